The average Bonchev–Trinajstić information content (AvgIpc) is 2.43. The van der Waals surface area contributed by atoms with Gasteiger partial charge in [-0.2, -0.15) is 11.8 Å². The highest BCUT2D eigenvalue weighted by Gasteiger charge is 2.11. The third kappa shape index (κ3) is 5.85. The van der Waals surface area contributed by atoms with Crippen LogP contribution in [0.3, 0.4) is 0 Å². The lowest BCUT2D eigenvalue weighted by atomic mass is 10.2. The summed E-state index contributed by atoms with van der Waals surface area (Å²) in [5.41, 5.74) is 6.18. The zero-order valence-corrected chi connectivity index (χ0v) is 12.8. The first-order valence-corrected chi connectivity index (χ1v) is 8.41. The van der Waals surface area contributed by atoms with Crippen molar-refractivity contribution >= 4 is 41.1 Å². The maximum Gasteiger partial charge on any atom is 0.320 e. The molecule has 1 aromatic rings. The zero-order valence-electron chi connectivity index (χ0n) is 11.2. The summed E-state index contributed by atoms with van der Waals surface area (Å²) >= 11 is 2.95. The summed E-state index contributed by atoms with van der Waals surface area (Å²) in [4.78, 5) is 23.3. The Hall–Kier alpha value is -1.18. The lowest BCUT2D eigenvalue weighted by molar-refractivity contribution is -0.138. The number of carbonyl (C=O) groups is 2. The van der Waals surface area contributed by atoms with Crippen molar-refractivity contribution in [3.8, 4) is 0 Å². The Bertz CT molecular complexity index is 469. The summed E-state index contributed by atoms with van der Waals surface area (Å²) < 4.78 is 0. The van der Waals surface area contributed by atoms with Crippen molar-refractivity contribution in [3.63, 3.8) is 0 Å². The first-order valence-electron chi connectivity index (χ1n) is 6.03. The fraction of sp³-hybridized carbons (Fsp3) is 0.385. The van der Waals surface area contributed by atoms with Crippen LogP contribution >= 0.6 is 23.5 Å². The van der Waals surface area contributed by atoms with Gasteiger partial charge < -0.3 is 16.2 Å². The van der Waals surface area contributed by atoms with Gasteiger partial charge in [0.05, 0.1) is 11.4 Å². The van der Waals surface area contributed by atoms with Gasteiger partial charge in [-0.05, 0) is 30.6 Å². The van der Waals surface area contributed by atoms with E-state index in [0.717, 1.165) is 10.6 Å². The summed E-state index contributed by atoms with van der Waals surface area (Å²) in [6.07, 6.45) is 2.31. The molecule has 1 amide bonds. The van der Waals surface area contributed by atoms with Crippen LogP contribution in [0.2, 0.25) is 0 Å². The number of carboxylic acids is 1. The number of amides is 1. The minimum atomic E-state index is -1.01. The largest absolute Gasteiger partial charge is 0.480 e. The molecule has 4 N–H and O–H groups in total. The van der Waals surface area contributed by atoms with Crippen molar-refractivity contribution in [2.75, 3.05) is 23.1 Å². The molecule has 7 heteroatoms. The van der Waals surface area contributed by atoms with E-state index in [1.807, 2.05) is 30.5 Å². The maximum atomic E-state index is 11.8. The van der Waals surface area contributed by atoms with Gasteiger partial charge in [0.1, 0.15) is 6.04 Å². The Balaban J connectivity index is 2.32. The molecule has 0 bridgehead atoms. The average molecular weight is 314 g/mol. The molecule has 0 fully saturated rings. The number of rotatable bonds is 8. The van der Waals surface area contributed by atoms with Crippen molar-refractivity contribution in [2.24, 2.45) is 5.73 Å². The van der Waals surface area contributed by atoms with Crippen LogP contribution in [0.5, 0.6) is 0 Å². The van der Waals surface area contributed by atoms with E-state index >= 15 is 0 Å². The molecule has 0 saturated heterocycles. The predicted molar refractivity (Wildman–Crippen MR) is 84.4 cm³/mol. The summed E-state index contributed by atoms with van der Waals surface area (Å²) in [7, 11) is 0. The number of nitrogens with one attached hydrogen (secondary N) is 1. The fourth-order valence-corrected chi connectivity index (χ4v) is 2.81. The monoisotopic (exact) mass is 314 g/mol. The van der Waals surface area contributed by atoms with Crippen LogP contribution in [-0.4, -0.2) is 40.8 Å². The fourth-order valence-electron chi connectivity index (χ4n) is 1.43. The third-order valence-electron chi connectivity index (χ3n) is 2.50. The molecule has 0 spiro atoms. The zero-order chi connectivity index (χ0) is 15.0. The van der Waals surface area contributed by atoms with E-state index < -0.39 is 12.0 Å². The molecule has 0 heterocycles. The summed E-state index contributed by atoms with van der Waals surface area (Å²) in [5, 5.41) is 11.5. The number of benzene rings is 1. The molecule has 1 unspecified atom stereocenters. The SMILES string of the molecule is CSc1ccccc1NC(=O)CSCCC(N)C(=O)O. The number of anilines is 1. The molecular formula is C13H18N2O3S2. The van der Waals surface area contributed by atoms with Gasteiger partial charge in [-0.25, -0.2) is 0 Å². The normalized spacial score (nSPS) is 11.9. The van der Waals surface area contributed by atoms with E-state index in [9.17, 15) is 9.59 Å². The predicted octanol–water partition coefficient (Wildman–Crippen LogP) is 1.88. The van der Waals surface area contributed by atoms with Gasteiger partial charge in [-0.3, -0.25) is 9.59 Å². The van der Waals surface area contributed by atoms with Crippen LogP contribution in [0.4, 0.5) is 5.69 Å². The quantitative estimate of drug-likeness (QED) is 0.501. The van der Waals surface area contributed by atoms with E-state index in [-0.39, 0.29) is 11.7 Å². The number of hydrogen-bond acceptors (Lipinski definition) is 5. The van der Waals surface area contributed by atoms with Gasteiger partial charge in [-0.1, -0.05) is 12.1 Å². The van der Waals surface area contributed by atoms with Gasteiger partial charge >= 0.3 is 5.97 Å². The van der Waals surface area contributed by atoms with Crippen LogP contribution in [0.1, 0.15) is 6.42 Å². The van der Waals surface area contributed by atoms with Gasteiger partial charge in [-0.15, -0.1) is 11.8 Å². The molecule has 0 aromatic heterocycles. The topological polar surface area (TPSA) is 92.4 Å². The molecular weight excluding hydrogens is 296 g/mol. The number of aliphatic carboxylic acids is 1. The van der Waals surface area contributed by atoms with Gasteiger partial charge in [0, 0.05) is 4.90 Å². The second-order valence-electron chi connectivity index (χ2n) is 4.03. The molecule has 0 saturated carbocycles. The van der Waals surface area contributed by atoms with Crippen LogP contribution in [-0.2, 0) is 9.59 Å². The molecule has 0 radical (unpaired) electrons. The molecule has 1 atom stereocenters. The lowest BCUT2D eigenvalue weighted by Gasteiger charge is -2.09. The second-order valence-corrected chi connectivity index (χ2v) is 5.99. The second kappa shape index (κ2) is 8.89. The lowest BCUT2D eigenvalue weighted by Crippen LogP contribution is -2.30. The molecule has 1 rings (SSSR count). The molecule has 0 aliphatic carbocycles. The molecule has 5 nitrogen and oxygen atoms in total. The number of carboxylic acid groups (broad SMARTS) is 1. The third-order valence-corrected chi connectivity index (χ3v) is 4.29. The molecule has 0 aliphatic rings. The van der Waals surface area contributed by atoms with Crippen molar-refractivity contribution in [2.45, 2.75) is 17.4 Å². The Labute approximate surface area is 126 Å². The Morgan fingerprint density at radius 1 is 1.40 bits per heavy atom. The van der Waals surface area contributed by atoms with Gasteiger partial charge in [0.15, 0.2) is 0 Å². The Morgan fingerprint density at radius 3 is 2.75 bits per heavy atom. The van der Waals surface area contributed by atoms with Crippen LogP contribution in [0.15, 0.2) is 29.2 Å². The van der Waals surface area contributed by atoms with Crippen molar-refractivity contribution in [3.05, 3.63) is 24.3 Å². The highest BCUT2D eigenvalue weighted by atomic mass is 32.2. The molecule has 110 valence electrons. The number of carbonyl (C=O) groups excluding carboxylic acids is 1. The number of hydrogen-bond donors (Lipinski definition) is 3. The highest BCUT2D eigenvalue weighted by Crippen LogP contribution is 2.24. The first-order chi connectivity index (χ1) is 9.54. The van der Waals surface area contributed by atoms with Crippen LogP contribution in [0, 0.1) is 0 Å². The van der Waals surface area contributed by atoms with Crippen LogP contribution in [0.25, 0.3) is 0 Å². The molecule has 0 aliphatic heterocycles. The van der Waals surface area contributed by atoms with Crippen molar-refractivity contribution in [1.29, 1.82) is 0 Å². The minimum Gasteiger partial charge on any atom is -0.480 e. The highest BCUT2D eigenvalue weighted by molar-refractivity contribution is 8.00. The Kier molecular flexibility index (Phi) is 7.50. The number of thioether (sulfide) groups is 2. The van der Waals surface area contributed by atoms with E-state index in [2.05, 4.69) is 5.32 Å². The number of nitrogens with two attached hydrogens (primary N) is 1. The smallest absolute Gasteiger partial charge is 0.320 e. The minimum absolute atomic E-state index is 0.0969. The van der Waals surface area contributed by atoms with Gasteiger partial charge in [0.2, 0.25) is 5.91 Å². The maximum absolute atomic E-state index is 11.8. The van der Waals surface area contributed by atoms with Crippen molar-refractivity contribution < 1.29 is 14.7 Å². The standard InChI is InChI=1S/C13H18N2O3S2/c1-19-11-5-3-2-4-10(11)15-12(16)8-20-7-6-9(14)13(17)18/h2-5,9H,6-8,14H2,1H3,(H,15,16)(H,17,18). The first kappa shape index (κ1) is 16.9. The van der Waals surface area contributed by atoms with Crippen molar-refractivity contribution in [1.82, 2.24) is 0 Å². The summed E-state index contributed by atoms with van der Waals surface area (Å²) in [5.74, 6) is -0.274. The van der Waals surface area contributed by atoms with E-state index in [1.165, 1.54) is 11.8 Å². The van der Waals surface area contributed by atoms with E-state index in [1.54, 1.807) is 11.8 Å². The van der Waals surface area contributed by atoms with E-state index in [4.69, 9.17) is 10.8 Å². The van der Waals surface area contributed by atoms with E-state index in [0.29, 0.717) is 12.2 Å². The Morgan fingerprint density at radius 2 is 2.10 bits per heavy atom. The molecule has 1 aromatic carbocycles. The molecule has 20 heavy (non-hydrogen) atoms. The summed E-state index contributed by atoms with van der Waals surface area (Å²) in [6.45, 7) is 0. The summed E-state index contributed by atoms with van der Waals surface area (Å²) in [6, 6.07) is 6.73. The van der Waals surface area contributed by atoms with Gasteiger partial charge in [0.25, 0.3) is 0 Å². The van der Waals surface area contributed by atoms with Crippen LogP contribution < -0.4 is 11.1 Å². The number of para-hydroxylation sites is 1.